The standard InChI is InChI=1S/C13H18N2O.ClH/c1-9-4-5-11(6-10(9)2)13(16)15(3)12-7-14-8-12;/h4-6,12,14H,7-8H2,1-3H3;1H. The Balaban J connectivity index is 0.00000144. The Morgan fingerprint density at radius 3 is 2.41 bits per heavy atom. The van der Waals surface area contributed by atoms with E-state index in [0.29, 0.717) is 6.04 Å². The molecule has 1 aromatic carbocycles. The number of benzene rings is 1. The van der Waals surface area contributed by atoms with Gasteiger partial charge in [0.15, 0.2) is 0 Å². The maximum Gasteiger partial charge on any atom is 0.253 e. The number of nitrogens with zero attached hydrogens (tertiary/aromatic N) is 1. The van der Waals surface area contributed by atoms with Gasteiger partial charge in [-0.05, 0) is 37.1 Å². The number of hydrogen-bond donors (Lipinski definition) is 1. The van der Waals surface area contributed by atoms with E-state index >= 15 is 0 Å². The van der Waals surface area contributed by atoms with Crippen molar-refractivity contribution in [3.63, 3.8) is 0 Å². The number of hydrogen-bond acceptors (Lipinski definition) is 2. The predicted molar refractivity (Wildman–Crippen MR) is 71.9 cm³/mol. The molecule has 0 unspecified atom stereocenters. The minimum atomic E-state index is 0. The van der Waals surface area contributed by atoms with Crippen LogP contribution >= 0.6 is 12.4 Å². The second-order valence-corrected chi connectivity index (χ2v) is 4.53. The van der Waals surface area contributed by atoms with Crippen LogP contribution in [0.3, 0.4) is 0 Å². The van der Waals surface area contributed by atoms with Crippen molar-refractivity contribution < 1.29 is 4.79 Å². The van der Waals surface area contributed by atoms with E-state index in [1.165, 1.54) is 11.1 Å². The van der Waals surface area contributed by atoms with E-state index in [0.717, 1.165) is 18.7 Å². The van der Waals surface area contributed by atoms with Gasteiger partial charge in [0.2, 0.25) is 0 Å². The molecule has 0 spiro atoms. The van der Waals surface area contributed by atoms with Crippen LogP contribution in [0.1, 0.15) is 21.5 Å². The highest BCUT2D eigenvalue weighted by atomic mass is 35.5. The van der Waals surface area contributed by atoms with Gasteiger partial charge in [0.25, 0.3) is 5.91 Å². The van der Waals surface area contributed by atoms with E-state index in [1.807, 2.05) is 37.1 Å². The van der Waals surface area contributed by atoms with Gasteiger partial charge in [0.05, 0.1) is 6.04 Å². The van der Waals surface area contributed by atoms with Crippen LogP contribution in [0.2, 0.25) is 0 Å². The van der Waals surface area contributed by atoms with Gasteiger partial charge < -0.3 is 10.2 Å². The first-order valence-electron chi connectivity index (χ1n) is 5.64. The van der Waals surface area contributed by atoms with E-state index in [9.17, 15) is 4.79 Å². The van der Waals surface area contributed by atoms with Crippen LogP contribution in [0.25, 0.3) is 0 Å². The zero-order chi connectivity index (χ0) is 11.7. The number of nitrogens with one attached hydrogen (secondary N) is 1. The number of carbonyl (C=O) groups is 1. The quantitative estimate of drug-likeness (QED) is 0.873. The fourth-order valence-corrected chi connectivity index (χ4v) is 1.79. The molecule has 0 bridgehead atoms. The predicted octanol–water partition coefficient (Wildman–Crippen LogP) is 1.77. The van der Waals surface area contributed by atoms with Gasteiger partial charge in [0, 0.05) is 25.7 Å². The van der Waals surface area contributed by atoms with Crippen LogP contribution in [-0.4, -0.2) is 37.0 Å². The Kier molecular flexibility index (Phi) is 4.54. The summed E-state index contributed by atoms with van der Waals surface area (Å²) < 4.78 is 0. The minimum absolute atomic E-state index is 0. The van der Waals surface area contributed by atoms with Crippen molar-refractivity contribution in [3.8, 4) is 0 Å². The molecule has 3 nitrogen and oxygen atoms in total. The molecule has 17 heavy (non-hydrogen) atoms. The van der Waals surface area contributed by atoms with Crippen molar-refractivity contribution in [2.45, 2.75) is 19.9 Å². The van der Waals surface area contributed by atoms with Gasteiger partial charge in [-0.25, -0.2) is 0 Å². The zero-order valence-corrected chi connectivity index (χ0v) is 11.3. The summed E-state index contributed by atoms with van der Waals surface area (Å²) in [6, 6.07) is 6.25. The second-order valence-electron chi connectivity index (χ2n) is 4.53. The lowest BCUT2D eigenvalue weighted by Crippen LogP contribution is -2.57. The molecule has 4 heteroatoms. The molecule has 0 aliphatic carbocycles. The van der Waals surface area contributed by atoms with Crippen molar-refractivity contribution in [2.75, 3.05) is 20.1 Å². The van der Waals surface area contributed by atoms with E-state index in [4.69, 9.17) is 0 Å². The summed E-state index contributed by atoms with van der Waals surface area (Å²) in [4.78, 5) is 14.0. The molecule has 0 aromatic heterocycles. The highest BCUT2D eigenvalue weighted by Gasteiger charge is 2.25. The normalized spacial score (nSPS) is 14.8. The number of carbonyl (C=O) groups excluding carboxylic acids is 1. The van der Waals surface area contributed by atoms with Gasteiger partial charge in [-0.1, -0.05) is 6.07 Å². The molecule has 1 amide bonds. The molecule has 1 aromatic rings. The largest absolute Gasteiger partial charge is 0.336 e. The molecule has 0 atom stereocenters. The molecule has 0 saturated carbocycles. The number of aryl methyl sites for hydroxylation is 2. The van der Waals surface area contributed by atoms with Crippen molar-refractivity contribution in [3.05, 3.63) is 34.9 Å². The molecule has 1 N–H and O–H groups in total. The summed E-state index contributed by atoms with van der Waals surface area (Å²) in [5, 5.41) is 3.18. The molecule has 1 fully saturated rings. The number of likely N-dealkylation sites (N-methyl/N-ethyl adjacent to an activating group) is 1. The van der Waals surface area contributed by atoms with E-state index < -0.39 is 0 Å². The Morgan fingerprint density at radius 1 is 1.29 bits per heavy atom. The van der Waals surface area contributed by atoms with E-state index in [-0.39, 0.29) is 18.3 Å². The van der Waals surface area contributed by atoms with Crippen LogP contribution in [0.4, 0.5) is 0 Å². The maximum absolute atomic E-state index is 12.1. The highest BCUT2D eigenvalue weighted by molar-refractivity contribution is 5.94. The summed E-state index contributed by atoms with van der Waals surface area (Å²) >= 11 is 0. The Morgan fingerprint density at radius 2 is 1.94 bits per heavy atom. The molecular weight excluding hydrogens is 236 g/mol. The third kappa shape index (κ3) is 2.79. The fraction of sp³-hybridized carbons (Fsp3) is 0.462. The summed E-state index contributed by atoms with van der Waals surface area (Å²) in [6.07, 6.45) is 0. The van der Waals surface area contributed by atoms with Crippen molar-refractivity contribution in [2.24, 2.45) is 0 Å². The second kappa shape index (κ2) is 5.52. The van der Waals surface area contributed by atoms with Gasteiger partial charge in [-0.15, -0.1) is 12.4 Å². The topological polar surface area (TPSA) is 32.3 Å². The molecule has 1 aliphatic heterocycles. The van der Waals surface area contributed by atoms with Crippen molar-refractivity contribution in [1.29, 1.82) is 0 Å². The van der Waals surface area contributed by atoms with Crippen LogP contribution in [0.5, 0.6) is 0 Å². The smallest absolute Gasteiger partial charge is 0.253 e. The van der Waals surface area contributed by atoms with E-state index in [1.54, 1.807) is 0 Å². The minimum Gasteiger partial charge on any atom is -0.336 e. The fourth-order valence-electron chi connectivity index (χ4n) is 1.79. The zero-order valence-electron chi connectivity index (χ0n) is 10.5. The van der Waals surface area contributed by atoms with Crippen LogP contribution in [0, 0.1) is 13.8 Å². The number of amides is 1. The lowest BCUT2D eigenvalue weighted by Gasteiger charge is -2.35. The van der Waals surface area contributed by atoms with Gasteiger partial charge >= 0.3 is 0 Å². The maximum atomic E-state index is 12.1. The molecule has 1 heterocycles. The number of halogens is 1. The Labute approximate surface area is 109 Å². The average molecular weight is 255 g/mol. The lowest BCUT2D eigenvalue weighted by molar-refractivity contribution is 0.0681. The molecular formula is C13H19ClN2O. The summed E-state index contributed by atoms with van der Waals surface area (Å²) in [5.41, 5.74) is 3.19. The first-order chi connectivity index (χ1) is 7.59. The lowest BCUT2D eigenvalue weighted by atomic mass is 10.0. The monoisotopic (exact) mass is 254 g/mol. The first kappa shape index (κ1) is 14.0. The third-order valence-corrected chi connectivity index (χ3v) is 3.38. The summed E-state index contributed by atoms with van der Waals surface area (Å²) in [6.45, 7) is 5.92. The van der Waals surface area contributed by atoms with Gasteiger partial charge in [0.1, 0.15) is 0 Å². The molecule has 2 rings (SSSR count). The summed E-state index contributed by atoms with van der Waals surface area (Å²) in [5.74, 6) is 0.120. The first-order valence-corrected chi connectivity index (χ1v) is 5.64. The number of rotatable bonds is 2. The van der Waals surface area contributed by atoms with Crippen LogP contribution < -0.4 is 5.32 Å². The SMILES string of the molecule is Cc1ccc(C(=O)N(C)C2CNC2)cc1C.Cl. The van der Waals surface area contributed by atoms with Crippen LogP contribution in [0.15, 0.2) is 18.2 Å². The Bertz CT molecular complexity index is 416. The van der Waals surface area contributed by atoms with E-state index in [2.05, 4.69) is 12.2 Å². The molecule has 0 radical (unpaired) electrons. The van der Waals surface area contributed by atoms with Crippen molar-refractivity contribution in [1.82, 2.24) is 10.2 Å². The third-order valence-electron chi connectivity index (χ3n) is 3.38. The van der Waals surface area contributed by atoms with Gasteiger partial charge in [-0.2, -0.15) is 0 Å². The van der Waals surface area contributed by atoms with Gasteiger partial charge in [-0.3, -0.25) is 4.79 Å². The molecule has 1 saturated heterocycles. The average Bonchev–Trinajstić information content (AvgIpc) is 2.18. The molecule has 94 valence electrons. The Hall–Kier alpha value is -1.06. The van der Waals surface area contributed by atoms with Crippen LogP contribution in [-0.2, 0) is 0 Å². The summed E-state index contributed by atoms with van der Waals surface area (Å²) in [7, 11) is 1.88. The molecule has 1 aliphatic rings. The van der Waals surface area contributed by atoms with Crippen molar-refractivity contribution >= 4 is 18.3 Å². The highest BCUT2D eigenvalue weighted by Crippen LogP contribution is 2.13.